The maximum atomic E-state index is 12.8. The number of benzene rings is 2. The van der Waals surface area contributed by atoms with Crippen LogP contribution in [0.25, 0.3) is 0 Å². The molecule has 154 valence electrons. The highest BCUT2D eigenvalue weighted by molar-refractivity contribution is 5.94. The molecule has 3 rings (SSSR count). The Morgan fingerprint density at radius 2 is 1.69 bits per heavy atom. The Kier molecular flexibility index (Phi) is 6.75. The molecule has 0 spiro atoms. The highest BCUT2D eigenvalue weighted by Gasteiger charge is 2.23. The van der Waals surface area contributed by atoms with Gasteiger partial charge in [-0.15, -0.1) is 0 Å². The van der Waals surface area contributed by atoms with Crippen molar-refractivity contribution in [3.8, 4) is 11.5 Å². The summed E-state index contributed by atoms with van der Waals surface area (Å²) < 4.78 is 11.0. The number of amides is 2. The van der Waals surface area contributed by atoms with Gasteiger partial charge in [-0.25, -0.2) is 0 Å². The van der Waals surface area contributed by atoms with Crippen LogP contribution < -0.4 is 9.47 Å². The van der Waals surface area contributed by atoms with Gasteiger partial charge in [0, 0.05) is 31.7 Å². The Labute approximate surface area is 172 Å². The fourth-order valence-electron chi connectivity index (χ4n) is 3.42. The quantitative estimate of drug-likeness (QED) is 0.779. The molecule has 6 nitrogen and oxygen atoms in total. The van der Waals surface area contributed by atoms with Crippen molar-refractivity contribution in [1.29, 1.82) is 0 Å². The van der Waals surface area contributed by atoms with Gasteiger partial charge in [0.15, 0.2) is 6.61 Å². The second-order valence-electron chi connectivity index (χ2n) is 7.25. The minimum atomic E-state index is -0.0541. The van der Waals surface area contributed by atoms with Gasteiger partial charge in [-0.3, -0.25) is 9.59 Å². The predicted molar refractivity (Wildman–Crippen MR) is 112 cm³/mol. The number of aryl methyl sites for hydroxylation is 1. The second kappa shape index (κ2) is 9.45. The summed E-state index contributed by atoms with van der Waals surface area (Å²) in [7, 11) is 1.58. The second-order valence-corrected chi connectivity index (χ2v) is 7.25. The fraction of sp³-hybridized carbons (Fsp3) is 0.391. The van der Waals surface area contributed by atoms with Crippen LogP contribution in [0.5, 0.6) is 11.5 Å². The Balaban J connectivity index is 1.56. The summed E-state index contributed by atoms with van der Waals surface area (Å²) in [5.41, 5.74) is 2.78. The van der Waals surface area contributed by atoms with Gasteiger partial charge in [0.2, 0.25) is 0 Å². The zero-order chi connectivity index (χ0) is 20.8. The van der Waals surface area contributed by atoms with Crippen LogP contribution in [-0.2, 0) is 4.79 Å². The van der Waals surface area contributed by atoms with Crippen molar-refractivity contribution in [2.75, 3.05) is 39.9 Å². The minimum absolute atomic E-state index is 0.00806. The van der Waals surface area contributed by atoms with Crippen molar-refractivity contribution in [3.05, 3.63) is 59.2 Å². The minimum Gasteiger partial charge on any atom is -0.497 e. The lowest BCUT2D eigenvalue weighted by Gasteiger charge is -2.22. The third-order valence-electron chi connectivity index (χ3n) is 5.36. The number of carbonyl (C=O) groups is 2. The normalized spacial score (nSPS) is 14.3. The van der Waals surface area contributed by atoms with E-state index in [4.69, 9.17) is 9.47 Å². The van der Waals surface area contributed by atoms with E-state index in [1.165, 1.54) is 0 Å². The van der Waals surface area contributed by atoms with Crippen molar-refractivity contribution < 1.29 is 19.1 Å². The smallest absolute Gasteiger partial charge is 0.260 e. The van der Waals surface area contributed by atoms with Crippen LogP contribution in [0.2, 0.25) is 0 Å². The Bertz CT molecular complexity index is 881. The molecule has 0 unspecified atom stereocenters. The van der Waals surface area contributed by atoms with Crippen molar-refractivity contribution >= 4 is 11.8 Å². The van der Waals surface area contributed by atoms with E-state index in [0.717, 1.165) is 23.3 Å². The summed E-state index contributed by atoms with van der Waals surface area (Å²) >= 11 is 0. The number of nitrogens with zero attached hydrogens (tertiary/aromatic N) is 2. The summed E-state index contributed by atoms with van der Waals surface area (Å²) in [4.78, 5) is 29.0. The van der Waals surface area contributed by atoms with E-state index in [-0.39, 0.29) is 18.4 Å². The number of hydrogen-bond donors (Lipinski definition) is 0. The Hall–Kier alpha value is -3.02. The van der Waals surface area contributed by atoms with Gasteiger partial charge in [-0.05, 0) is 55.7 Å². The molecule has 29 heavy (non-hydrogen) atoms. The predicted octanol–water partition coefficient (Wildman–Crippen LogP) is 3.07. The summed E-state index contributed by atoms with van der Waals surface area (Å²) in [6.45, 7) is 6.27. The first kappa shape index (κ1) is 20.7. The maximum Gasteiger partial charge on any atom is 0.260 e. The monoisotopic (exact) mass is 396 g/mol. The topological polar surface area (TPSA) is 59.1 Å². The number of hydrogen-bond acceptors (Lipinski definition) is 4. The molecule has 1 heterocycles. The van der Waals surface area contributed by atoms with E-state index in [0.29, 0.717) is 37.5 Å². The van der Waals surface area contributed by atoms with Gasteiger partial charge >= 0.3 is 0 Å². The van der Waals surface area contributed by atoms with E-state index in [1.807, 2.05) is 44.2 Å². The first-order valence-corrected chi connectivity index (χ1v) is 9.89. The summed E-state index contributed by atoms with van der Waals surface area (Å²) in [6.07, 6.45) is 0.741. The van der Waals surface area contributed by atoms with Crippen LogP contribution in [0.1, 0.15) is 27.9 Å². The molecule has 1 fully saturated rings. The summed E-state index contributed by atoms with van der Waals surface area (Å²) in [5.74, 6) is 1.31. The van der Waals surface area contributed by atoms with E-state index in [1.54, 1.807) is 29.0 Å². The van der Waals surface area contributed by atoms with Crippen LogP contribution in [0, 0.1) is 13.8 Å². The zero-order valence-electron chi connectivity index (χ0n) is 17.3. The van der Waals surface area contributed by atoms with Crippen molar-refractivity contribution in [2.45, 2.75) is 20.3 Å². The lowest BCUT2D eigenvalue weighted by Crippen LogP contribution is -2.39. The standard InChI is InChI=1S/C23H28N2O4/c1-17-7-4-10-21(18(17)2)29-16-22(26)24-11-6-12-25(14-13-24)23(27)19-8-5-9-20(15-19)28-3/h4-5,7-10,15H,6,11-14,16H2,1-3H3. The molecule has 6 heteroatoms. The van der Waals surface area contributed by atoms with Crippen molar-refractivity contribution in [2.24, 2.45) is 0 Å². The molecule has 0 bridgehead atoms. The Morgan fingerprint density at radius 1 is 0.966 bits per heavy atom. The highest BCUT2D eigenvalue weighted by Crippen LogP contribution is 2.21. The summed E-state index contributed by atoms with van der Waals surface area (Å²) in [6, 6.07) is 13.0. The number of ether oxygens (including phenoxy) is 2. The van der Waals surface area contributed by atoms with E-state index < -0.39 is 0 Å². The van der Waals surface area contributed by atoms with Gasteiger partial charge < -0.3 is 19.3 Å². The first-order chi connectivity index (χ1) is 14.0. The lowest BCUT2D eigenvalue weighted by molar-refractivity contribution is -0.133. The molecule has 0 N–H and O–H groups in total. The average molecular weight is 396 g/mol. The molecular weight excluding hydrogens is 368 g/mol. The molecule has 2 amide bonds. The van der Waals surface area contributed by atoms with Crippen LogP contribution in [-0.4, -0.2) is 61.5 Å². The molecule has 1 saturated heterocycles. The maximum absolute atomic E-state index is 12.8. The third kappa shape index (κ3) is 5.08. The van der Waals surface area contributed by atoms with Gasteiger partial charge in [0.05, 0.1) is 7.11 Å². The van der Waals surface area contributed by atoms with Gasteiger partial charge in [-0.1, -0.05) is 18.2 Å². The van der Waals surface area contributed by atoms with E-state index in [2.05, 4.69) is 0 Å². The molecule has 0 radical (unpaired) electrons. The van der Waals surface area contributed by atoms with Crippen LogP contribution in [0.15, 0.2) is 42.5 Å². The van der Waals surface area contributed by atoms with Crippen molar-refractivity contribution in [3.63, 3.8) is 0 Å². The van der Waals surface area contributed by atoms with Crippen molar-refractivity contribution in [1.82, 2.24) is 9.80 Å². The van der Waals surface area contributed by atoms with Gasteiger partial charge in [0.1, 0.15) is 11.5 Å². The van der Waals surface area contributed by atoms with Gasteiger partial charge in [0.25, 0.3) is 11.8 Å². The largest absolute Gasteiger partial charge is 0.497 e. The Morgan fingerprint density at radius 3 is 2.48 bits per heavy atom. The van der Waals surface area contributed by atoms with Crippen LogP contribution in [0.3, 0.4) is 0 Å². The number of methoxy groups -OCH3 is 1. The third-order valence-corrected chi connectivity index (χ3v) is 5.36. The zero-order valence-corrected chi connectivity index (χ0v) is 17.3. The molecule has 0 aromatic heterocycles. The van der Waals surface area contributed by atoms with E-state index in [9.17, 15) is 9.59 Å². The molecule has 0 saturated carbocycles. The average Bonchev–Trinajstić information content (AvgIpc) is 3.00. The lowest BCUT2D eigenvalue weighted by atomic mass is 10.1. The fourth-order valence-corrected chi connectivity index (χ4v) is 3.42. The molecule has 0 aliphatic carbocycles. The highest BCUT2D eigenvalue weighted by atomic mass is 16.5. The molecular formula is C23H28N2O4. The molecule has 1 aliphatic rings. The number of carbonyl (C=O) groups excluding carboxylic acids is 2. The SMILES string of the molecule is COc1cccc(C(=O)N2CCCN(C(=O)COc3cccc(C)c3C)CC2)c1. The number of rotatable bonds is 5. The summed E-state index contributed by atoms with van der Waals surface area (Å²) in [5, 5.41) is 0. The molecule has 0 atom stereocenters. The molecule has 2 aromatic rings. The van der Waals surface area contributed by atoms with Crippen LogP contribution >= 0.6 is 0 Å². The molecule has 2 aromatic carbocycles. The first-order valence-electron chi connectivity index (χ1n) is 9.89. The van der Waals surface area contributed by atoms with Crippen LogP contribution in [0.4, 0.5) is 0 Å². The van der Waals surface area contributed by atoms with Gasteiger partial charge in [-0.2, -0.15) is 0 Å². The van der Waals surface area contributed by atoms with E-state index >= 15 is 0 Å². The molecule has 1 aliphatic heterocycles.